The summed E-state index contributed by atoms with van der Waals surface area (Å²) in [5, 5.41) is 0. The van der Waals surface area contributed by atoms with Crippen molar-refractivity contribution >= 4 is 17.4 Å². The zero-order valence-electron chi connectivity index (χ0n) is 10.1. The first-order chi connectivity index (χ1) is 9.33. The Hall–Kier alpha value is -1.18. The average Bonchev–Trinajstić information content (AvgIpc) is 2.49. The van der Waals surface area contributed by atoms with E-state index in [0.717, 1.165) is 0 Å². The fourth-order valence-electron chi connectivity index (χ4n) is 1.92. The van der Waals surface area contributed by atoms with E-state index < -0.39 is 23.2 Å². The number of rotatable bonds is 6. The molecule has 0 heterocycles. The van der Waals surface area contributed by atoms with Gasteiger partial charge in [-0.25, -0.2) is 0 Å². The molecule has 2 aromatic carbocycles. The molecule has 0 aliphatic carbocycles. The van der Waals surface area contributed by atoms with E-state index in [1.807, 2.05) is 36.4 Å². The van der Waals surface area contributed by atoms with Gasteiger partial charge >= 0.3 is 0 Å². The van der Waals surface area contributed by atoms with Gasteiger partial charge in [-0.15, -0.1) is 0 Å². The Kier molecular flexibility index (Phi) is 5.12. The summed E-state index contributed by atoms with van der Waals surface area (Å²) in [6.45, 7) is 0. The molecular weight excluding hydrogens is 282 g/mol. The minimum absolute atomic E-state index is 0.660. The maximum absolute atomic E-state index is 11.1. The minimum atomic E-state index is -1.51. The van der Waals surface area contributed by atoms with E-state index in [9.17, 15) is 9.13 Å². The second-order valence-corrected chi connectivity index (χ2v) is 4.63. The molecule has 0 amide bonds. The van der Waals surface area contributed by atoms with Crippen molar-refractivity contribution < 1.29 is 18.2 Å². The van der Waals surface area contributed by atoms with Gasteiger partial charge < -0.3 is 0 Å². The quantitative estimate of drug-likeness (QED) is 0.606. The highest BCUT2D eigenvalue weighted by atomic mass is 31.1. The summed E-state index contributed by atoms with van der Waals surface area (Å²) in [6.07, 6.45) is 0. The molecule has 4 nitrogen and oxygen atoms in total. The molecule has 0 radical (unpaired) electrons. The van der Waals surface area contributed by atoms with Crippen molar-refractivity contribution in [3.8, 4) is 0 Å². The SMILES string of the molecule is O=[PH2]OC(O[PH2]=O)(c1ccccc1)c1ccccc1. The van der Waals surface area contributed by atoms with Crippen molar-refractivity contribution in [2.45, 2.75) is 5.79 Å². The van der Waals surface area contributed by atoms with Gasteiger partial charge in [0, 0.05) is 11.1 Å². The summed E-state index contributed by atoms with van der Waals surface area (Å²) in [5.74, 6) is -1.36. The topological polar surface area (TPSA) is 52.6 Å². The van der Waals surface area contributed by atoms with Gasteiger partial charge in [-0.1, -0.05) is 60.7 Å². The summed E-state index contributed by atoms with van der Waals surface area (Å²) in [5.41, 5.74) is 1.32. The van der Waals surface area contributed by atoms with E-state index in [-0.39, 0.29) is 0 Å². The van der Waals surface area contributed by atoms with Crippen LogP contribution in [0.25, 0.3) is 0 Å². The zero-order chi connectivity index (χ0) is 13.6. The lowest BCUT2D eigenvalue weighted by Gasteiger charge is -2.30. The van der Waals surface area contributed by atoms with Crippen LogP contribution in [0.3, 0.4) is 0 Å². The molecule has 2 aromatic rings. The lowest BCUT2D eigenvalue weighted by molar-refractivity contribution is -0.0663. The van der Waals surface area contributed by atoms with Gasteiger partial charge in [0.05, 0.1) is 0 Å². The molecule has 0 aliphatic rings. The van der Waals surface area contributed by atoms with Gasteiger partial charge in [0.1, 0.15) is 0 Å². The van der Waals surface area contributed by atoms with Crippen molar-refractivity contribution in [3.63, 3.8) is 0 Å². The first-order valence-corrected chi connectivity index (χ1v) is 7.56. The zero-order valence-corrected chi connectivity index (χ0v) is 12.4. The first kappa shape index (κ1) is 14.2. The van der Waals surface area contributed by atoms with Crippen molar-refractivity contribution in [1.82, 2.24) is 0 Å². The molecule has 0 N–H and O–H groups in total. The Bertz CT molecular complexity index is 494. The lowest BCUT2D eigenvalue weighted by Crippen LogP contribution is -2.28. The molecule has 19 heavy (non-hydrogen) atoms. The second-order valence-electron chi connectivity index (χ2n) is 3.78. The Labute approximate surface area is 113 Å². The minimum Gasteiger partial charge on any atom is -0.300 e. The van der Waals surface area contributed by atoms with Crippen LogP contribution in [-0.2, 0) is 24.0 Å². The third-order valence-electron chi connectivity index (χ3n) is 2.74. The van der Waals surface area contributed by atoms with Crippen LogP contribution in [0.5, 0.6) is 0 Å². The maximum atomic E-state index is 11.1. The molecule has 0 aliphatic heterocycles. The van der Waals surface area contributed by atoms with Crippen LogP contribution >= 0.6 is 17.4 Å². The molecular formula is C13H14O4P2. The molecule has 0 fully saturated rings. The Morgan fingerprint density at radius 2 is 1.05 bits per heavy atom. The van der Waals surface area contributed by atoms with E-state index in [4.69, 9.17) is 9.05 Å². The number of benzene rings is 2. The molecule has 100 valence electrons. The Morgan fingerprint density at radius 3 is 1.37 bits per heavy atom. The lowest BCUT2D eigenvalue weighted by atomic mass is 9.98. The Morgan fingerprint density at radius 1 is 0.684 bits per heavy atom. The average molecular weight is 296 g/mol. The Balaban J connectivity index is 2.60. The van der Waals surface area contributed by atoms with Gasteiger partial charge in [-0.05, 0) is 0 Å². The predicted octanol–water partition coefficient (Wildman–Crippen LogP) is 3.26. The molecule has 2 unspecified atom stereocenters. The van der Waals surface area contributed by atoms with E-state index in [1.54, 1.807) is 24.3 Å². The highest BCUT2D eigenvalue weighted by Gasteiger charge is 2.36. The van der Waals surface area contributed by atoms with Crippen LogP contribution < -0.4 is 0 Å². The summed E-state index contributed by atoms with van der Waals surface area (Å²) < 4.78 is 32.8. The van der Waals surface area contributed by atoms with Crippen LogP contribution in [-0.4, -0.2) is 0 Å². The van der Waals surface area contributed by atoms with Gasteiger partial charge in [0.2, 0.25) is 5.79 Å². The highest BCUT2D eigenvalue weighted by molar-refractivity contribution is 7.18. The van der Waals surface area contributed by atoms with Crippen LogP contribution in [0, 0.1) is 0 Å². The predicted molar refractivity (Wildman–Crippen MR) is 76.6 cm³/mol. The molecule has 0 aromatic heterocycles. The summed E-state index contributed by atoms with van der Waals surface area (Å²) in [4.78, 5) is 0. The normalized spacial score (nSPS) is 12.6. The van der Waals surface area contributed by atoms with E-state index in [1.165, 1.54) is 0 Å². The van der Waals surface area contributed by atoms with Crippen molar-refractivity contribution in [2.75, 3.05) is 0 Å². The van der Waals surface area contributed by atoms with Crippen LogP contribution in [0.15, 0.2) is 60.7 Å². The molecule has 2 atom stereocenters. The monoisotopic (exact) mass is 296 g/mol. The van der Waals surface area contributed by atoms with Gasteiger partial charge in [0.15, 0.2) is 17.4 Å². The molecule has 0 bridgehead atoms. The number of hydrogen-bond donors (Lipinski definition) is 0. The smallest absolute Gasteiger partial charge is 0.233 e. The standard InChI is InChI=1S/C13H14O4P2/c14-18-16-13(17-19-15,11-7-3-1-4-8-11)12-9-5-2-6-10-12/h1-10H,18-19H2. The van der Waals surface area contributed by atoms with Gasteiger partial charge in [-0.2, -0.15) is 0 Å². The fraction of sp³-hybridized carbons (Fsp3) is 0.0769. The number of hydrogen-bond acceptors (Lipinski definition) is 4. The van der Waals surface area contributed by atoms with Crippen molar-refractivity contribution in [2.24, 2.45) is 0 Å². The molecule has 0 saturated carbocycles. The van der Waals surface area contributed by atoms with Crippen molar-refractivity contribution in [3.05, 3.63) is 71.8 Å². The molecule has 0 saturated heterocycles. The van der Waals surface area contributed by atoms with Crippen LogP contribution in [0.2, 0.25) is 0 Å². The first-order valence-electron chi connectivity index (χ1n) is 5.67. The molecule has 0 spiro atoms. The molecule has 6 heteroatoms. The van der Waals surface area contributed by atoms with E-state index >= 15 is 0 Å². The van der Waals surface area contributed by atoms with Gasteiger partial charge in [-0.3, -0.25) is 18.2 Å². The van der Waals surface area contributed by atoms with E-state index in [2.05, 4.69) is 0 Å². The largest absolute Gasteiger partial charge is 0.300 e. The van der Waals surface area contributed by atoms with Gasteiger partial charge in [0.25, 0.3) is 0 Å². The summed E-state index contributed by atoms with van der Waals surface area (Å²) in [6, 6.07) is 18.1. The van der Waals surface area contributed by atoms with E-state index in [0.29, 0.717) is 11.1 Å². The summed E-state index contributed by atoms with van der Waals surface area (Å²) >= 11 is 0. The van der Waals surface area contributed by atoms with Crippen molar-refractivity contribution in [1.29, 1.82) is 0 Å². The third kappa shape index (κ3) is 3.05. The highest BCUT2D eigenvalue weighted by Crippen LogP contribution is 2.40. The summed E-state index contributed by atoms with van der Waals surface area (Å²) in [7, 11) is -3.03. The molecule has 2 rings (SSSR count). The maximum Gasteiger partial charge on any atom is 0.233 e. The van der Waals surface area contributed by atoms with Crippen LogP contribution in [0.1, 0.15) is 11.1 Å². The van der Waals surface area contributed by atoms with Crippen LogP contribution in [0.4, 0.5) is 0 Å². The fourth-order valence-corrected chi connectivity index (χ4v) is 2.95. The third-order valence-corrected chi connectivity index (χ3v) is 3.59. The second kappa shape index (κ2) is 6.83.